The molecule has 0 saturated heterocycles. The average Bonchev–Trinajstić information content (AvgIpc) is 2.70. The maximum absolute atomic E-state index is 10.8. The number of nitrogens with zero attached hydrogens (tertiary/aromatic N) is 2. The van der Waals surface area contributed by atoms with Gasteiger partial charge < -0.3 is 10.4 Å². The smallest absolute Gasteiger partial charge is 0.325 e. The van der Waals surface area contributed by atoms with Crippen molar-refractivity contribution in [3.8, 4) is 0 Å². The zero-order chi connectivity index (χ0) is 13.7. The number of carboxylic acid groups (broad SMARTS) is 1. The number of hydrogen-bond donors (Lipinski definition) is 2. The van der Waals surface area contributed by atoms with Crippen LogP contribution >= 0.6 is 15.9 Å². The van der Waals surface area contributed by atoms with Crippen molar-refractivity contribution < 1.29 is 9.90 Å². The number of rotatable bonds is 6. The molecule has 1 saturated carbocycles. The van der Waals surface area contributed by atoms with Crippen LogP contribution in [0.15, 0.2) is 10.7 Å². The minimum Gasteiger partial charge on any atom is -0.480 e. The third-order valence-corrected chi connectivity index (χ3v) is 3.93. The van der Waals surface area contributed by atoms with Crippen molar-refractivity contribution in [2.45, 2.75) is 51.1 Å². The maximum atomic E-state index is 10.8. The molecule has 1 aromatic heterocycles. The average molecular weight is 330 g/mol. The van der Waals surface area contributed by atoms with E-state index in [1.54, 1.807) is 4.68 Å². The van der Waals surface area contributed by atoms with E-state index in [0.29, 0.717) is 10.6 Å². The van der Waals surface area contributed by atoms with Gasteiger partial charge in [0.2, 0.25) is 0 Å². The highest BCUT2D eigenvalue weighted by Gasteiger charge is 2.13. The second kappa shape index (κ2) is 7.05. The second-order valence-electron chi connectivity index (χ2n) is 5.05. The highest BCUT2D eigenvalue weighted by atomic mass is 79.9. The molecule has 1 aromatic rings. The Morgan fingerprint density at radius 1 is 1.47 bits per heavy atom. The summed E-state index contributed by atoms with van der Waals surface area (Å²) in [5, 5.41) is 16.5. The minimum atomic E-state index is -0.864. The minimum absolute atomic E-state index is 0.0790. The first-order chi connectivity index (χ1) is 9.15. The quantitative estimate of drug-likeness (QED) is 0.839. The SMILES string of the molecule is O=C(O)Cn1nc(Br)cc1CCNC1CCCCC1. The summed E-state index contributed by atoms with van der Waals surface area (Å²) >= 11 is 3.30. The lowest BCUT2D eigenvalue weighted by Gasteiger charge is -2.22. The summed E-state index contributed by atoms with van der Waals surface area (Å²) in [5.41, 5.74) is 0.956. The number of halogens is 1. The first-order valence-corrected chi connectivity index (χ1v) is 7.62. The summed E-state index contributed by atoms with van der Waals surface area (Å²) in [7, 11) is 0. The number of aliphatic carboxylic acids is 1. The topological polar surface area (TPSA) is 67.1 Å². The lowest BCUT2D eigenvalue weighted by molar-refractivity contribution is -0.137. The fourth-order valence-corrected chi connectivity index (χ4v) is 3.05. The van der Waals surface area contributed by atoms with Crippen molar-refractivity contribution in [1.82, 2.24) is 15.1 Å². The molecule has 0 atom stereocenters. The molecule has 19 heavy (non-hydrogen) atoms. The number of carbonyl (C=O) groups is 1. The fraction of sp³-hybridized carbons (Fsp3) is 0.692. The van der Waals surface area contributed by atoms with Gasteiger partial charge in [0.25, 0.3) is 0 Å². The van der Waals surface area contributed by atoms with Gasteiger partial charge in [-0.05, 0) is 34.8 Å². The zero-order valence-corrected chi connectivity index (χ0v) is 12.5. The van der Waals surface area contributed by atoms with Gasteiger partial charge in [0, 0.05) is 24.7 Å². The van der Waals surface area contributed by atoms with Gasteiger partial charge in [-0.25, -0.2) is 0 Å². The summed E-state index contributed by atoms with van der Waals surface area (Å²) in [6, 6.07) is 2.53. The molecule has 0 unspecified atom stereocenters. The van der Waals surface area contributed by atoms with Gasteiger partial charge in [0.05, 0.1) is 0 Å². The van der Waals surface area contributed by atoms with Gasteiger partial charge in [-0.15, -0.1) is 0 Å². The molecule has 2 N–H and O–H groups in total. The molecule has 0 spiro atoms. The molecule has 0 bridgehead atoms. The van der Waals surface area contributed by atoms with Gasteiger partial charge in [-0.1, -0.05) is 19.3 Å². The molecule has 0 aromatic carbocycles. The summed E-state index contributed by atoms with van der Waals surface area (Å²) in [6.07, 6.45) is 7.33. The molecule has 1 aliphatic rings. The molecule has 5 nitrogen and oxygen atoms in total. The molecule has 1 aliphatic carbocycles. The molecule has 0 radical (unpaired) electrons. The first-order valence-electron chi connectivity index (χ1n) is 6.82. The second-order valence-corrected chi connectivity index (χ2v) is 5.86. The molecule has 2 rings (SSSR count). The van der Waals surface area contributed by atoms with Gasteiger partial charge in [-0.3, -0.25) is 9.48 Å². The summed E-state index contributed by atoms with van der Waals surface area (Å²) in [5.74, 6) is -0.864. The van der Waals surface area contributed by atoms with Gasteiger partial charge in [0.15, 0.2) is 0 Å². The standard InChI is InChI=1S/C13H20BrN3O2/c14-12-8-11(17(16-12)9-13(18)19)6-7-15-10-4-2-1-3-5-10/h8,10,15H,1-7,9H2,(H,18,19). The zero-order valence-electron chi connectivity index (χ0n) is 10.9. The summed E-state index contributed by atoms with van der Waals surface area (Å²) in [6.45, 7) is 0.798. The van der Waals surface area contributed by atoms with E-state index >= 15 is 0 Å². The largest absolute Gasteiger partial charge is 0.480 e. The summed E-state index contributed by atoms with van der Waals surface area (Å²) < 4.78 is 2.25. The Morgan fingerprint density at radius 2 is 2.21 bits per heavy atom. The number of carboxylic acids is 1. The molecular formula is C13H20BrN3O2. The van der Waals surface area contributed by atoms with Crippen molar-refractivity contribution in [3.63, 3.8) is 0 Å². The van der Waals surface area contributed by atoms with Gasteiger partial charge >= 0.3 is 5.97 Å². The molecule has 0 amide bonds. The van der Waals surface area contributed by atoms with Crippen LogP contribution in [-0.4, -0.2) is 33.4 Å². The highest BCUT2D eigenvalue weighted by Crippen LogP contribution is 2.17. The third kappa shape index (κ3) is 4.62. The Kier molecular flexibility index (Phi) is 5.39. The van der Waals surface area contributed by atoms with Crippen molar-refractivity contribution >= 4 is 21.9 Å². The van der Waals surface area contributed by atoms with Crippen LogP contribution in [0.5, 0.6) is 0 Å². The van der Waals surface area contributed by atoms with Crippen molar-refractivity contribution in [3.05, 3.63) is 16.4 Å². The van der Waals surface area contributed by atoms with Crippen LogP contribution in [0, 0.1) is 0 Å². The van der Waals surface area contributed by atoms with Crippen molar-refractivity contribution in [2.24, 2.45) is 0 Å². The van der Waals surface area contributed by atoms with E-state index in [0.717, 1.165) is 18.7 Å². The van der Waals surface area contributed by atoms with Crippen LogP contribution < -0.4 is 5.32 Å². The monoisotopic (exact) mass is 329 g/mol. The Morgan fingerprint density at radius 3 is 2.89 bits per heavy atom. The maximum Gasteiger partial charge on any atom is 0.325 e. The molecule has 0 aliphatic heterocycles. The Labute approximate surface area is 121 Å². The van der Waals surface area contributed by atoms with Crippen LogP contribution in [0.2, 0.25) is 0 Å². The van der Waals surface area contributed by atoms with E-state index in [1.807, 2.05) is 6.07 Å². The van der Waals surface area contributed by atoms with Crippen LogP contribution in [-0.2, 0) is 17.8 Å². The predicted molar refractivity (Wildman–Crippen MR) is 76.1 cm³/mol. The van der Waals surface area contributed by atoms with Crippen LogP contribution in [0.4, 0.5) is 0 Å². The van der Waals surface area contributed by atoms with Crippen molar-refractivity contribution in [1.29, 1.82) is 0 Å². The predicted octanol–water partition coefficient (Wildman–Crippen LogP) is 2.20. The lowest BCUT2D eigenvalue weighted by atomic mass is 9.95. The van der Waals surface area contributed by atoms with Gasteiger partial charge in [0.1, 0.15) is 11.1 Å². The Hall–Kier alpha value is -0.880. The van der Waals surface area contributed by atoms with E-state index in [-0.39, 0.29) is 6.54 Å². The van der Waals surface area contributed by atoms with Crippen LogP contribution in [0.1, 0.15) is 37.8 Å². The van der Waals surface area contributed by atoms with E-state index in [1.165, 1.54) is 32.1 Å². The van der Waals surface area contributed by atoms with Crippen LogP contribution in [0.3, 0.4) is 0 Å². The Balaban J connectivity index is 1.82. The summed E-state index contributed by atoms with van der Waals surface area (Å²) in [4.78, 5) is 10.8. The highest BCUT2D eigenvalue weighted by molar-refractivity contribution is 9.10. The van der Waals surface area contributed by atoms with E-state index in [9.17, 15) is 4.79 Å². The fourth-order valence-electron chi connectivity index (χ4n) is 2.60. The molecule has 1 fully saturated rings. The normalized spacial score (nSPS) is 16.7. The number of nitrogens with one attached hydrogen (secondary N) is 1. The van der Waals surface area contributed by atoms with Gasteiger partial charge in [-0.2, -0.15) is 5.10 Å². The lowest BCUT2D eigenvalue weighted by Crippen LogP contribution is -2.32. The van der Waals surface area contributed by atoms with E-state index in [2.05, 4.69) is 26.3 Å². The molecule has 6 heteroatoms. The van der Waals surface area contributed by atoms with E-state index < -0.39 is 5.97 Å². The van der Waals surface area contributed by atoms with Crippen LogP contribution in [0.25, 0.3) is 0 Å². The number of aromatic nitrogens is 2. The number of hydrogen-bond acceptors (Lipinski definition) is 3. The van der Waals surface area contributed by atoms with Crippen molar-refractivity contribution in [2.75, 3.05) is 6.54 Å². The van der Waals surface area contributed by atoms with E-state index in [4.69, 9.17) is 5.11 Å². The first kappa shape index (κ1) is 14.5. The molecule has 106 valence electrons. The molecular weight excluding hydrogens is 310 g/mol. The Bertz CT molecular complexity index is 428. The third-order valence-electron chi connectivity index (χ3n) is 3.54. The molecule has 1 heterocycles.